The lowest BCUT2D eigenvalue weighted by molar-refractivity contribution is 0.0126. The van der Waals surface area contributed by atoms with Crippen LogP contribution in [0, 0.1) is 0 Å². The fourth-order valence-electron chi connectivity index (χ4n) is 1.60. The molecule has 1 aromatic rings. The fourth-order valence-corrected chi connectivity index (χ4v) is 2.09. The van der Waals surface area contributed by atoms with E-state index in [1.807, 2.05) is 0 Å². The van der Waals surface area contributed by atoms with Gasteiger partial charge in [0.25, 0.3) is 5.91 Å². The Morgan fingerprint density at radius 1 is 1.28 bits per heavy atom. The van der Waals surface area contributed by atoms with Crippen molar-refractivity contribution < 1.29 is 9.53 Å². The summed E-state index contributed by atoms with van der Waals surface area (Å²) in [4.78, 5) is 12.0. The molecule has 5 nitrogen and oxygen atoms in total. The number of morpholine rings is 1. The molecule has 0 bridgehead atoms. The topological polar surface area (TPSA) is 67.6 Å². The van der Waals surface area contributed by atoms with Gasteiger partial charge in [-0.3, -0.25) is 10.2 Å². The number of nitrogens with one attached hydrogen (secondary N) is 1. The van der Waals surface area contributed by atoms with E-state index < -0.39 is 0 Å². The molecule has 0 aromatic heterocycles. The van der Waals surface area contributed by atoms with Gasteiger partial charge in [0.15, 0.2) is 0 Å². The van der Waals surface area contributed by atoms with Gasteiger partial charge in [-0.15, -0.1) is 0 Å². The second-order valence-corrected chi connectivity index (χ2v) is 4.71. The first kappa shape index (κ1) is 13.4. The van der Waals surface area contributed by atoms with Crippen molar-refractivity contribution in [2.75, 3.05) is 32.0 Å². The summed E-state index contributed by atoms with van der Waals surface area (Å²) in [6, 6.07) is 3.00. The molecule has 98 valence electrons. The summed E-state index contributed by atoms with van der Waals surface area (Å²) in [5.74, 6) is -0.263. The van der Waals surface area contributed by atoms with Crippen molar-refractivity contribution in [1.29, 1.82) is 0 Å². The maximum absolute atomic E-state index is 12.0. The number of nitrogens with zero attached hydrogens (tertiary/aromatic N) is 1. The van der Waals surface area contributed by atoms with E-state index in [0.29, 0.717) is 31.9 Å². The number of amides is 1. The lowest BCUT2D eigenvalue weighted by Gasteiger charge is -2.27. The number of hydrogen-bond donors (Lipinski definition) is 2. The molecule has 1 amide bonds. The highest BCUT2D eigenvalue weighted by molar-refractivity contribution is 6.39. The third-order valence-electron chi connectivity index (χ3n) is 2.61. The van der Waals surface area contributed by atoms with E-state index in [1.165, 1.54) is 12.1 Å². The van der Waals surface area contributed by atoms with Gasteiger partial charge in [0.1, 0.15) is 0 Å². The van der Waals surface area contributed by atoms with E-state index in [0.717, 1.165) is 0 Å². The highest BCUT2D eigenvalue weighted by Crippen LogP contribution is 2.28. The van der Waals surface area contributed by atoms with Crippen LogP contribution >= 0.6 is 23.2 Å². The first-order chi connectivity index (χ1) is 8.58. The van der Waals surface area contributed by atoms with Crippen LogP contribution in [0.25, 0.3) is 0 Å². The number of anilines is 1. The lowest BCUT2D eigenvalue weighted by atomic mass is 10.2. The second kappa shape index (κ2) is 5.75. The molecule has 7 heteroatoms. The van der Waals surface area contributed by atoms with Crippen LogP contribution in [-0.4, -0.2) is 37.2 Å². The molecule has 1 heterocycles. The number of carbonyl (C=O) groups is 1. The van der Waals surface area contributed by atoms with Gasteiger partial charge in [0.2, 0.25) is 0 Å². The van der Waals surface area contributed by atoms with Crippen molar-refractivity contribution in [3.63, 3.8) is 0 Å². The van der Waals surface area contributed by atoms with Gasteiger partial charge >= 0.3 is 0 Å². The number of hydrazine groups is 1. The number of nitrogen functional groups attached to an aromatic ring is 1. The quantitative estimate of drug-likeness (QED) is 0.811. The van der Waals surface area contributed by atoms with Crippen LogP contribution in [0.4, 0.5) is 5.69 Å². The number of carbonyl (C=O) groups excluding carboxylic acids is 1. The molecule has 0 spiro atoms. The van der Waals surface area contributed by atoms with Gasteiger partial charge in [-0.05, 0) is 12.1 Å². The smallest absolute Gasteiger partial charge is 0.265 e. The minimum atomic E-state index is -0.263. The van der Waals surface area contributed by atoms with Gasteiger partial charge in [-0.25, -0.2) is 5.01 Å². The average molecular weight is 290 g/mol. The zero-order valence-corrected chi connectivity index (χ0v) is 11.1. The van der Waals surface area contributed by atoms with E-state index in [9.17, 15) is 4.79 Å². The Morgan fingerprint density at radius 2 is 1.83 bits per heavy atom. The summed E-state index contributed by atoms with van der Waals surface area (Å²) in [6.45, 7) is 2.51. The molecule has 0 atom stereocenters. The molecule has 1 saturated heterocycles. The summed E-state index contributed by atoms with van der Waals surface area (Å²) in [6.07, 6.45) is 0. The SMILES string of the molecule is Nc1c(Cl)cc(C(=O)NN2CCOCC2)cc1Cl. The lowest BCUT2D eigenvalue weighted by Crippen LogP contribution is -2.48. The number of benzene rings is 1. The molecule has 0 unspecified atom stereocenters. The predicted octanol–water partition coefficient (Wildman–Crippen LogP) is 1.55. The molecular weight excluding hydrogens is 277 g/mol. The van der Waals surface area contributed by atoms with Crippen LogP contribution < -0.4 is 11.2 Å². The standard InChI is InChI=1S/C11H13Cl2N3O2/c12-8-5-7(6-9(13)10(8)14)11(17)15-16-1-3-18-4-2-16/h5-6H,1-4,14H2,(H,15,17). The molecule has 18 heavy (non-hydrogen) atoms. The molecule has 1 aliphatic heterocycles. The minimum Gasteiger partial charge on any atom is -0.396 e. The summed E-state index contributed by atoms with van der Waals surface area (Å²) in [5.41, 5.74) is 9.04. The van der Waals surface area contributed by atoms with Crippen molar-refractivity contribution in [3.05, 3.63) is 27.7 Å². The molecule has 1 aliphatic rings. The summed E-state index contributed by atoms with van der Waals surface area (Å²) < 4.78 is 5.19. The van der Waals surface area contributed by atoms with Crippen LogP contribution in [0.2, 0.25) is 10.0 Å². The Kier molecular flexibility index (Phi) is 4.29. The Bertz CT molecular complexity index is 439. The Labute approximate surface area is 115 Å². The van der Waals surface area contributed by atoms with E-state index in [-0.39, 0.29) is 21.6 Å². The number of rotatable bonds is 2. The Morgan fingerprint density at radius 3 is 2.39 bits per heavy atom. The molecule has 0 radical (unpaired) electrons. The van der Waals surface area contributed by atoms with Crippen LogP contribution in [0.1, 0.15) is 10.4 Å². The van der Waals surface area contributed by atoms with Crippen molar-refractivity contribution in [3.8, 4) is 0 Å². The van der Waals surface area contributed by atoms with E-state index >= 15 is 0 Å². The van der Waals surface area contributed by atoms with E-state index in [4.69, 9.17) is 33.7 Å². The molecule has 1 fully saturated rings. The monoisotopic (exact) mass is 289 g/mol. The van der Waals surface area contributed by atoms with E-state index in [1.54, 1.807) is 5.01 Å². The van der Waals surface area contributed by atoms with Crippen LogP contribution in [0.5, 0.6) is 0 Å². The summed E-state index contributed by atoms with van der Waals surface area (Å²) >= 11 is 11.8. The number of ether oxygens (including phenoxy) is 1. The summed E-state index contributed by atoms with van der Waals surface area (Å²) in [7, 11) is 0. The minimum absolute atomic E-state index is 0.263. The van der Waals surface area contributed by atoms with Gasteiger partial charge in [0.05, 0.1) is 28.9 Å². The molecule has 0 aliphatic carbocycles. The Balaban J connectivity index is 2.08. The highest BCUT2D eigenvalue weighted by Gasteiger charge is 2.16. The van der Waals surface area contributed by atoms with Crippen molar-refractivity contribution >= 4 is 34.8 Å². The average Bonchev–Trinajstić information content (AvgIpc) is 2.36. The third kappa shape index (κ3) is 3.05. The van der Waals surface area contributed by atoms with Crippen LogP contribution in [0.15, 0.2) is 12.1 Å². The molecular formula is C11H13Cl2N3O2. The first-order valence-corrected chi connectivity index (χ1v) is 6.21. The second-order valence-electron chi connectivity index (χ2n) is 3.89. The normalized spacial score (nSPS) is 16.6. The van der Waals surface area contributed by atoms with Crippen LogP contribution in [0.3, 0.4) is 0 Å². The Hall–Kier alpha value is -1.01. The molecule has 1 aromatic carbocycles. The number of hydrogen-bond acceptors (Lipinski definition) is 4. The number of halogens is 2. The zero-order valence-electron chi connectivity index (χ0n) is 9.58. The van der Waals surface area contributed by atoms with Gasteiger partial charge in [-0.1, -0.05) is 23.2 Å². The van der Waals surface area contributed by atoms with E-state index in [2.05, 4.69) is 5.43 Å². The molecule has 3 N–H and O–H groups in total. The third-order valence-corrected chi connectivity index (χ3v) is 3.24. The highest BCUT2D eigenvalue weighted by atomic mass is 35.5. The maximum Gasteiger partial charge on any atom is 0.265 e. The van der Waals surface area contributed by atoms with Crippen LogP contribution in [-0.2, 0) is 4.74 Å². The predicted molar refractivity (Wildman–Crippen MR) is 70.7 cm³/mol. The van der Waals surface area contributed by atoms with Gasteiger partial charge in [0, 0.05) is 18.7 Å². The molecule has 0 saturated carbocycles. The van der Waals surface area contributed by atoms with Gasteiger partial charge in [-0.2, -0.15) is 0 Å². The van der Waals surface area contributed by atoms with Crippen molar-refractivity contribution in [2.24, 2.45) is 0 Å². The van der Waals surface area contributed by atoms with Crippen molar-refractivity contribution in [2.45, 2.75) is 0 Å². The van der Waals surface area contributed by atoms with Crippen molar-refractivity contribution in [1.82, 2.24) is 10.4 Å². The van der Waals surface area contributed by atoms with Gasteiger partial charge < -0.3 is 10.5 Å². The molecule has 2 rings (SSSR count). The first-order valence-electron chi connectivity index (χ1n) is 5.46. The maximum atomic E-state index is 12.0. The zero-order chi connectivity index (χ0) is 13.1. The largest absolute Gasteiger partial charge is 0.396 e. The fraction of sp³-hybridized carbons (Fsp3) is 0.364. The number of nitrogens with two attached hydrogens (primary N) is 1. The summed E-state index contributed by atoms with van der Waals surface area (Å²) in [5, 5.41) is 2.34.